The Morgan fingerprint density at radius 3 is 1.62 bits per heavy atom. The average Bonchev–Trinajstić information content (AvgIpc) is 2.50. The molecule has 0 aromatic heterocycles. The lowest BCUT2D eigenvalue weighted by Crippen LogP contribution is -2.11. The summed E-state index contributed by atoms with van der Waals surface area (Å²) in [5, 5.41) is 0. The zero-order chi connectivity index (χ0) is 15.2. The van der Waals surface area contributed by atoms with Gasteiger partial charge in [-0.3, -0.25) is 9.59 Å². The summed E-state index contributed by atoms with van der Waals surface area (Å²) in [5.74, 6) is -0.938. The number of hydrogen-bond donors (Lipinski definition) is 0. The van der Waals surface area contributed by atoms with Crippen molar-refractivity contribution in [3.8, 4) is 11.5 Å². The van der Waals surface area contributed by atoms with Gasteiger partial charge in [-0.1, -0.05) is 0 Å². The summed E-state index contributed by atoms with van der Waals surface area (Å²) in [5.41, 5.74) is -0.295. The van der Waals surface area contributed by atoms with E-state index in [1.807, 2.05) is 0 Å². The number of halogens is 2. The SMILES string of the molecule is O=Cc1cc(O[B]Oc2ccc(F)c(C=O)c2)ccc1F. The summed E-state index contributed by atoms with van der Waals surface area (Å²) >= 11 is 0. The van der Waals surface area contributed by atoms with Crippen LogP contribution in [-0.4, -0.2) is 20.3 Å². The molecule has 0 spiro atoms. The van der Waals surface area contributed by atoms with E-state index in [1.54, 1.807) is 0 Å². The predicted octanol–water partition coefficient (Wildman–Crippen LogP) is 2.58. The van der Waals surface area contributed by atoms with Crippen molar-refractivity contribution in [3.05, 3.63) is 59.2 Å². The molecule has 2 aromatic carbocycles. The van der Waals surface area contributed by atoms with Crippen LogP contribution in [0.5, 0.6) is 11.5 Å². The van der Waals surface area contributed by atoms with Gasteiger partial charge in [-0.2, -0.15) is 0 Å². The maximum Gasteiger partial charge on any atom is 0.658 e. The fourth-order valence-electron chi connectivity index (χ4n) is 1.51. The Hall–Kier alpha value is -2.70. The van der Waals surface area contributed by atoms with Gasteiger partial charge in [0.25, 0.3) is 0 Å². The Labute approximate surface area is 119 Å². The van der Waals surface area contributed by atoms with Crippen LogP contribution in [0.3, 0.4) is 0 Å². The molecule has 0 aliphatic heterocycles. The molecule has 2 rings (SSSR count). The predicted molar refractivity (Wildman–Crippen MR) is 70.6 cm³/mol. The largest absolute Gasteiger partial charge is 0.658 e. The molecule has 0 saturated carbocycles. The van der Waals surface area contributed by atoms with Crippen molar-refractivity contribution in [1.29, 1.82) is 0 Å². The number of benzene rings is 2. The molecule has 4 nitrogen and oxygen atoms in total. The second kappa shape index (κ2) is 6.65. The standard InChI is InChI=1S/C14H8BF2O4/c16-13-3-1-11(5-9(13)7-18)20-15-21-12-2-4-14(17)10(6-12)8-19/h1-8H. The Kier molecular flexibility index (Phi) is 4.66. The third-order valence-corrected chi connectivity index (χ3v) is 2.56. The fourth-order valence-corrected chi connectivity index (χ4v) is 1.51. The Bertz CT molecular complexity index is 619. The third-order valence-electron chi connectivity index (χ3n) is 2.56. The summed E-state index contributed by atoms with van der Waals surface area (Å²) in [4.78, 5) is 21.1. The maximum absolute atomic E-state index is 13.1. The molecule has 0 saturated heterocycles. The van der Waals surface area contributed by atoms with Crippen LogP contribution in [0.1, 0.15) is 20.7 Å². The summed E-state index contributed by atoms with van der Waals surface area (Å²) < 4.78 is 36.3. The molecule has 0 aliphatic carbocycles. The minimum Gasteiger partial charge on any atom is -0.526 e. The second-order valence-corrected chi connectivity index (χ2v) is 3.93. The van der Waals surface area contributed by atoms with E-state index in [-0.39, 0.29) is 22.6 Å². The van der Waals surface area contributed by atoms with Crippen LogP contribution in [-0.2, 0) is 0 Å². The molecule has 0 unspecified atom stereocenters. The zero-order valence-corrected chi connectivity index (χ0v) is 10.6. The first-order valence-electron chi connectivity index (χ1n) is 5.78. The third kappa shape index (κ3) is 3.65. The molecule has 2 aromatic rings. The van der Waals surface area contributed by atoms with Gasteiger partial charge >= 0.3 is 7.69 Å². The molecule has 0 heterocycles. The van der Waals surface area contributed by atoms with Crippen molar-refractivity contribution in [1.82, 2.24) is 0 Å². The molecule has 0 bridgehead atoms. The number of carbonyl (C=O) groups excluding carboxylic acids is 2. The van der Waals surface area contributed by atoms with Gasteiger partial charge < -0.3 is 9.31 Å². The number of carbonyl (C=O) groups is 2. The molecule has 0 amide bonds. The van der Waals surface area contributed by atoms with Crippen molar-refractivity contribution in [2.24, 2.45) is 0 Å². The topological polar surface area (TPSA) is 52.6 Å². The Morgan fingerprint density at radius 2 is 1.24 bits per heavy atom. The van der Waals surface area contributed by atoms with Crippen LogP contribution >= 0.6 is 0 Å². The van der Waals surface area contributed by atoms with Crippen LogP contribution in [0, 0.1) is 11.6 Å². The smallest absolute Gasteiger partial charge is 0.526 e. The van der Waals surface area contributed by atoms with E-state index in [2.05, 4.69) is 0 Å². The normalized spacial score (nSPS) is 9.81. The van der Waals surface area contributed by atoms with Gasteiger partial charge in [-0.25, -0.2) is 8.78 Å². The van der Waals surface area contributed by atoms with Crippen LogP contribution in [0.4, 0.5) is 8.78 Å². The molecule has 0 atom stereocenters. The zero-order valence-electron chi connectivity index (χ0n) is 10.6. The molecular formula is C14H8BF2O4. The summed E-state index contributed by atoms with van der Waals surface area (Å²) in [6.45, 7) is 0. The van der Waals surface area contributed by atoms with Crippen molar-refractivity contribution in [3.63, 3.8) is 0 Å². The molecular weight excluding hydrogens is 281 g/mol. The molecule has 7 heteroatoms. The minimum absolute atomic E-state index is 0.147. The number of hydrogen-bond acceptors (Lipinski definition) is 4. The first-order chi connectivity index (χ1) is 10.1. The van der Waals surface area contributed by atoms with E-state index < -0.39 is 11.6 Å². The maximum atomic E-state index is 13.1. The highest BCUT2D eigenvalue weighted by Crippen LogP contribution is 2.17. The number of rotatable bonds is 6. The van der Waals surface area contributed by atoms with Gasteiger partial charge in [0.15, 0.2) is 12.6 Å². The first kappa shape index (κ1) is 14.7. The quantitative estimate of drug-likeness (QED) is 0.606. The number of aldehydes is 2. The van der Waals surface area contributed by atoms with Gasteiger partial charge in [0.1, 0.15) is 23.1 Å². The minimum atomic E-state index is -0.660. The Balaban J connectivity index is 1.98. The molecule has 1 radical (unpaired) electrons. The van der Waals surface area contributed by atoms with E-state index >= 15 is 0 Å². The van der Waals surface area contributed by atoms with Crippen LogP contribution in [0.2, 0.25) is 0 Å². The van der Waals surface area contributed by atoms with E-state index in [1.165, 1.54) is 24.3 Å². The highest BCUT2D eigenvalue weighted by molar-refractivity contribution is 6.20. The van der Waals surface area contributed by atoms with Gasteiger partial charge in [0, 0.05) is 0 Å². The molecule has 0 N–H and O–H groups in total. The lowest BCUT2D eigenvalue weighted by molar-refractivity contribution is 0.111. The van der Waals surface area contributed by atoms with Crippen LogP contribution in [0.25, 0.3) is 0 Å². The van der Waals surface area contributed by atoms with Crippen molar-refractivity contribution < 1.29 is 27.7 Å². The summed E-state index contributed by atoms with van der Waals surface area (Å²) in [7, 11) is 0.920. The lowest BCUT2D eigenvalue weighted by atomic mass is 10.2. The second-order valence-electron chi connectivity index (χ2n) is 3.93. The van der Waals surface area contributed by atoms with Crippen LogP contribution in [0.15, 0.2) is 36.4 Å². The first-order valence-corrected chi connectivity index (χ1v) is 5.78. The van der Waals surface area contributed by atoms with E-state index in [4.69, 9.17) is 9.31 Å². The highest BCUT2D eigenvalue weighted by atomic mass is 19.1. The van der Waals surface area contributed by atoms with E-state index in [0.29, 0.717) is 12.6 Å². The van der Waals surface area contributed by atoms with E-state index in [9.17, 15) is 18.4 Å². The van der Waals surface area contributed by atoms with Crippen molar-refractivity contribution in [2.75, 3.05) is 0 Å². The molecule has 105 valence electrons. The lowest BCUT2D eigenvalue weighted by Gasteiger charge is -2.07. The monoisotopic (exact) mass is 289 g/mol. The fraction of sp³-hybridized carbons (Fsp3) is 0. The van der Waals surface area contributed by atoms with E-state index in [0.717, 1.165) is 19.8 Å². The van der Waals surface area contributed by atoms with Crippen molar-refractivity contribution in [2.45, 2.75) is 0 Å². The summed E-state index contributed by atoms with van der Waals surface area (Å²) in [6, 6.07) is 7.17. The Morgan fingerprint density at radius 1 is 0.810 bits per heavy atom. The summed E-state index contributed by atoms with van der Waals surface area (Å²) in [6.07, 6.45) is 0.721. The van der Waals surface area contributed by atoms with Crippen LogP contribution < -0.4 is 9.31 Å². The molecule has 21 heavy (non-hydrogen) atoms. The highest BCUT2D eigenvalue weighted by Gasteiger charge is 2.08. The molecule has 0 aliphatic rings. The van der Waals surface area contributed by atoms with Crippen molar-refractivity contribution >= 4 is 20.3 Å². The van der Waals surface area contributed by atoms with Gasteiger partial charge in [0.05, 0.1) is 11.1 Å². The van der Waals surface area contributed by atoms with Gasteiger partial charge in [-0.15, -0.1) is 0 Å². The average molecular weight is 289 g/mol. The molecule has 0 fully saturated rings. The van der Waals surface area contributed by atoms with Gasteiger partial charge in [-0.05, 0) is 36.4 Å². The van der Waals surface area contributed by atoms with Gasteiger partial charge in [0.2, 0.25) is 0 Å².